The standard InChI is InChI=1S/C16H10ClNO5/c1-23-13-7-12(11(17)6-10(13)16(21)22)18-14(19)8-4-2-3-5-9(8)15(18)20/h2-7H,1H3,(H,21,22). The SMILES string of the molecule is COc1cc(N2C(=O)c3ccccc3C2=O)c(Cl)cc1C(=O)O. The maximum atomic E-state index is 12.5. The normalized spacial score (nSPS) is 13.2. The molecule has 0 unspecified atom stereocenters. The Morgan fingerprint density at radius 3 is 2.17 bits per heavy atom. The first-order valence-corrected chi connectivity index (χ1v) is 6.92. The van der Waals surface area contributed by atoms with Crippen molar-refractivity contribution in [2.24, 2.45) is 0 Å². The van der Waals surface area contributed by atoms with Crippen LogP contribution in [0, 0.1) is 0 Å². The lowest BCUT2D eigenvalue weighted by Crippen LogP contribution is -2.29. The maximum Gasteiger partial charge on any atom is 0.339 e. The summed E-state index contributed by atoms with van der Waals surface area (Å²) in [4.78, 5) is 37.0. The number of aromatic carboxylic acids is 1. The lowest BCUT2D eigenvalue weighted by Gasteiger charge is -2.17. The number of halogens is 1. The van der Waals surface area contributed by atoms with Crippen LogP contribution in [0.5, 0.6) is 5.75 Å². The number of methoxy groups -OCH3 is 1. The molecule has 7 heteroatoms. The van der Waals surface area contributed by atoms with Gasteiger partial charge in [0.1, 0.15) is 11.3 Å². The lowest BCUT2D eigenvalue weighted by atomic mass is 10.1. The molecule has 0 saturated carbocycles. The molecule has 0 atom stereocenters. The third kappa shape index (κ3) is 2.24. The highest BCUT2D eigenvalue weighted by molar-refractivity contribution is 6.40. The predicted octanol–water partition coefficient (Wildman–Crippen LogP) is 2.85. The number of anilines is 1. The molecule has 2 aromatic rings. The zero-order valence-corrected chi connectivity index (χ0v) is 12.6. The Hall–Kier alpha value is -2.86. The van der Waals surface area contributed by atoms with Crippen LogP contribution in [0.15, 0.2) is 36.4 Å². The van der Waals surface area contributed by atoms with Gasteiger partial charge in [0.25, 0.3) is 11.8 Å². The van der Waals surface area contributed by atoms with Gasteiger partial charge in [-0.05, 0) is 18.2 Å². The van der Waals surface area contributed by atoms with Crippen LogP contribution < -0.4 is 9.64 Å². The number of carbonyl (C=O) groups excluding carboxylic acids is 2. The monoisotopic (exact) mass is 331 g/mol. The van der Waals surface area contributed by atoms with Crippen molar-refractivity contribution in [3.8, 4) is 5.75 Å². The van der Waals surface area contributed by atoms with Gasteiger partial charge in [-0.2, -0.15) is 0 Å². The van der Waals surface area contributed by atoms with Crippen molar-refractivity contribution in [3.05, 3.63) is 58.1 Å². The van der Waals surface area contributed by atoms with Crippen LogP contribution in [0.25, 0.3) is 0 Å². The summed E-state index contributed by atoms with van der Waals surface area (Å²) in [6, 6.07) is 8.83. The first kappa shape index (κ1) is 15.1. The van der Waals surface area contributed by atoms with Crippen LogP contribution >= 0.6 is 11.6 Å². The Kier molecular flexibility index (Phi) is 3.54. The summed E-state index contributed by atoms with van der Waals surface area (Å²) in [7, 11) is 1.29. The zero-order chi connectivity index (χ0) is 16.7. The highest BCUT2D eigenvalue weighted by Crippen LogP contribution is 2.37. The van der Waals surface area contributed by atoms with E-state index in [1.807, 2.05) is 0 Å². The Bertz CT molecular complexity index is 827. The molecule has 3 rings (SSSR count). The van der Waals surface area contributed by atoms with Crippen LogP contribution in [0.2, 0.25) is 5.02 Å². The number of benzene rings is 2. The van der Waals surface area contributed by atoms with Crippen molar-refractivity contribution in [2.45, 2.75) is 0 Å². The molecule has 1 aliphatic rings. The predicted molar refractivity (Wildman–Crippen MR) is 82.5 cm³/mol. The Balaban J connectivity index is 2.16. The van der Waals surface area contributed by atoms with E-state index in [2.05, 4.69) is 0 Å². The van der Waals surface area contributed by atoms with Gasteiger partial charge in [-0.3, -0.25) is 9.59 Å². The molecule has 0 fully saturated rings. The van der Waals surface area contributed by atoms with Crippen LogP contribution in [-0.4, -0.2) is 30.0 Å². The molecule has 23 heavy (non-hydrogen) atoms. The van der Waals surface area contributed by atoms with Gasteiger partial charge in [-0.15, -0.1) is 0 Å². The smallest absolute Gasteiger partial charge is 0.339 e. The molecule has 0 aromatic heterocycles. The van der Waals surface area contributed by atoms with Crippen molar-refractivity contribution in [2.75, 3.05) is 12.0 Å². The van der Waals surface area contributed by atoms with E-state index in [1.54, 1.807) is 24.3 Å². The number of hydrogen-bond acceptors (Lipinski definition) is 4. The second-order valence-corrected chi connectivity index (χ2v) is 5.21. The Labute approximate surface area is 135 Å². The fraction of sp³-hybridized carbons (Fsp3) is 0.0625. The Morgan fingerprint density at radius 1 is 1.13 bits per heavy atom. The number of ether oxygens (including phenoxy) is 1. The molecular weight excluding hydrogens is 322 g/mol. The molecule has 6 nitrogen and oxygen atoms in total. The summed E-state index contributed by atoms with van der Waals surface area (Å²) in [6.45, 7) is 0. The maximum absolute atomic E-state index is 12.5. The number of amides is 2. The number of carbonyl (C=O) groups is 3. The van der Waals surface area contributed by atoms with Crippen LogP contribution in [0.1, 0.15) is 31.1 Å². The molecule has 0 spiro atoms. The van der Waals surface area contributed by atoms with Gasteiger partial charge in [0.2, 0.25) is 0 Å². The first-order chi connectivity index (χ1) is 11.0. The van der Waals surface area contributed by atoms with Crippen molar-refractivity contribution in [1.82, 2.24) is 0 Å². The summed E-state index contributed by atoms with van der Waals surface area (Å²) in [5.41, 5.74) is 0.474. The van der Waals surface area contributed by atoms with E-state index < -0.39 is 17.8 Å². The largest absolute Gasteiger partial charge is 0.496 e. The summed E-state index contributed by atoms with van der Waals surface area (Å²) in [5, 5.41) is 9.11. The molecule has 1 aliphatic heterocycles. The molecule has 0 aliphatic carbocycles. The van der Waals surface area contributed by atoms with E-state index >= 15 is 0 Å². The summed E-state index contributed by atoms with van der Waals surface area (Å²) in [6.07, 6.45) is 0. The molecule has 2 aromatic carbocycles. The third-order valence-corrected chi connectivity index (χ3v) is 3.84. The van der Waals surface area contributed by atoms with Crippen molar-refractivity contribution in [1.29, 1.82) is 0 Å². The second-order valence-electron chi connectivity index (χ2n) is 4.80. The molecule has 0 saturated heterocycles. The molecule has 116 valence electrons. The van der Waals surface area contributed by atoms with E-state index in [1.165, 1.54) is 13.2 Å². The second kappa shape index (κ2) is 5.40. The average Bonchev–Trinajstić information content (AvgIpc) is 2.79. The summed E-state index contributed by atoms with van der Waals surface area (Å²) >= 11 is 6.09. The number of carboxylic acids is 1. The van der Waals surface area contributed by atoms with Gasteiger partial charge in [-0.1, -0.05) is 23.7 Å². The number of nitrogens with zero attached hydrogens (tertiary/aromatic N) is 1. The fourth-order valence-electron chi connectivity index (χ4n) is 2.46. The average molecular weight is 332 g/mol. The molecule has 0 bridgehead atoms. The lowest BCUT2D eigenvalue weighted by molar-refractivity contribution is 0.0693. The van der Waals surface area contributed by atoms with E-state index in [-0.39, 0.29) is 33.1 Å². The number of rotatable bonds is 3. The minimum atomic E-state index is -1.22. The Morgan fingerprint density at radius 2 is 1.70 bits per heavy atom. The number of carboxylic acid groups (broad SMARTS) is 1. The number of hydrogen-bond donors (Lipinski definition) is 1. The van der Waals surface area contributed by atoms with E-state index in [9.17, 15) is 14.4 Å². The minimum absolute atomic E-state index is 0.00783. The number of fused-ring (bicyclic) bond motifs is 1. The van der Waals surface area contributed by atoms with E-state index in [0.717, 1.165) is 11.0 Å². The highest BCUT2D eigenvalue weighted by atomic mass is 35.5. The molecule has 1 heterocycles. The van der Waals surface area contributed by atoms with Crippen LogP contribution in [-0.2, 0) is 0 Å². The first-order valence-electron chi connectivity index (χ1n) is 6.54. The summed E-state index contributed by atoms with van der Waals surface area (Å²) < 4.78 is 5.02. The molecule has 1 N–H and O–H groups in total. The van der Waals surface area contributed by atoms with Gasteiger partial charge in [-0.25, -0.2) is 9.69 Å². The molecule has 2 amide bonds. The summed E-state index contributed by atoms with van der Waals surface area (Å²) in [5.74, 6) is -2.25. The van der Waals surface area contributed by atoms with Gasteiger partial charge < -0.3 is 9.84 Å². The van der Waals surface area contributed by atoms with Gasteiger partial charge >= 0.3 is 5.97 Å². The molecular formula is C16H10ClNO5. The van der Waals surface area contributed by atoms with Crippen molar-refractivity contribution in [3.63, 3.8) is 0 Å². The van der Waals surface area contributed by atoms with E-state index in [4.69, 9.17) is 21.4 Å². The highest BCUT2D eigenvalue weighted by Gasteiger charge is 2.37. The number of imide groups is 1. The topological polar surface area (TPSA) is 83.9 Å². The minimum Gasteiger partial charge on any atom is -0.496 e. The van der Waals surface area contributed by atoms with Gasteiger partial charge in [0.05, 0.1) is 28.9 Å². The van der Waals surface area contributed by atoms with Crippen LogP contribution in [0.3, 0.4) is 0 Å². The van der Waals surface area contributed by atoms with Crippen molar-refractivity contribution >= 4 is 35.1 Å². The third-order valence-electron chi connectivity index (χ3n) is 3.53. The van der Waals surface area contributed by atoms with Gasteiger partial charge in [0.15, 0.2) is 0 Å². The van der Waals surface area contributed by atoms with Crippen LogP contribution in [0.4, 0.5) is 5.69 Å². The van der Waals surface area contributed by atoms with E-state index in [0.29, 0.717) is 0 Å². The van der Waals surface area contributed by atoms with Gasteiger partial charge in [0, 0.05) is 6.07 Å². The zero-order valence-electron chi connectivity index (χ0n) is 11.9. The fourth-order valence-corrected chi connectivity index (χ4v) is 2.71. The molecule has 0 radical (unpaired) electrons. The van der Waals surface area contributed by atoms with Crippen molar-refractivity contribution < 1.29 is 24.2 Å². The quantitative estimate of drug-likeness (QED) is 0.874.